The summed E-state index contributed by atoms with van der Waals surface area (Å²) >= 11 is 12.5. The van der Waals surface area contributed by atoms with Gasteiger partial charge in [-0.05, 0) is 63.6 Å². The van der Waals surface area contributed by atoms with Gasteiger partial charge in [0.05, 0.1) is 15.6 Å². The molecule has 0 spiro atoms. The van der Waals surface area contributed by atoms with Crippen molar-refractivity contribution in [2.24, 2.45) is 0 Å². The number of nitrogens with zero attached hydrogens (tertiary/aromatic N) is 2. The van der Waals surface area contributed by atoms with Crippen LogP contribution in [0.25, 0.3) is 0 Å². The number of carbonyl (C=O) groups is 2. The first-order valence-electron chi connectivity index (χ1n) is 12.0. The molecule has 2 amide bonds. The number of hydrogen-bond donors (Lipinski definition) is 1. The maximum atomic E-state index is 13.9. The van der Waals surface area contributed by atoms with E-state index in [0.717, 1.165) is 9.87 Å². The summed E-state index contributed by atoms with van der Waals surface area (Å²) in [6, 6.07) is 20.4. The third-order valence-corrected chi connectivity index (χ3v) is 7.96. The molecule has 0 aliphatic rings. The minimum Gasteiger partial charge on any atom is -0.350 e. The molecule has 202 valence electrons. The highest BCUT2D eigenvalue weighted by molar-refractivity contribution is 7.92. The van der Waals surface area contributed by atoms with E-state index in [0.29, 0.717) is 5.02 Å². The summed E-state index contributed by atoms with van der Waals surface area (Å²) in [7, 11) is -4.21. The minimum absolute atomic E-state index is 0.00745. The van der Waals surface area contributed by atoms with Crippen molar-refractivity contribution in [1.29, 1.82) is 0 Å². The molecule has 38 heavy (non-hydrogen) atoms. The first-order chi connectivity index (χ1) is 17.8. The maximum absolute atomic E-state index is 13.9. The van der Waals surface area contributed by atoms with Crippen LogP contribution in [0.3, 0.4) is 0 Å². The van der Waals surface area contributed by atoms with Crippen LogP contribution in [-0.4, -0.2) is 43.3 Å². The molecule has 0 aromatic heterocycles. The number of amides is 2. The van der Waals surface area contributed by atoms with Gasteiger partial charge in [-0.25, -0.2) is 8.42 Å². The van der Waals surface area contributed by atoms with Gasteiger partial charge in [-0.2, -0.15) is 0 Å². The van der Waals surface area contributed by atoms with E-state index in [1.54, 1.807) is 25.1 Å². The summed E-state index contributed by atoms with van der Waals surface area (Å²) in [4.78, 5) is 28.3. The van der Waals surface area contributed by atoms with Crippen LogP contribution in [0.5, 0.6) is 0 Å². The van der Waals surface area contributed by atoms with Crippen LogP contribution in [0.4, 0.5) is 5.69 Å². The molecule has 0 heterocycles. The van der Waals surface area contributed by atoms with Crippen molar-refractivity contribution in [3.05, 3.63) is 94.5 Å². The van der Waals surface area contributed by atoms with Crippen molar-refractivity contribution in [3.63, 3.8) is 0 Å². The van der Waals surface area contributed by atoms with Gasteiger partial charge in [-0.1, -0.05) is 71.7 Å². The van der Waals surface area contributed by atoms with E-state index < -0.39 is 34.1 Å². The van der Waals surface area contributed by atoms with Crippen molar-refractivity contribution in [2.45, 2.75) is 50.7 Å². The molecule has 3 rings (SSSR count). The van der Waals surface area contributed by atoms with Crippen LogP contribution in [0.2, 0.25) is 10.0 Å². The van der Waals surface area contributed by atoms with Crippen molar-refractivity contribution in [1.82, 2.24) is 10.2 Å². The number of benzene rings is 3. The normalized spacial score (nSPS) is 12.5. The average molecular weight is 577 g/mol. The maximum Gasteiger partial charge on any atom is 0.264 e. The molecule has 1 atom stereocenters. The zero-order valence-corrected chi connectivity index (χ0v) is 24.0. The lowest BCUT2D eigenvalue weighted by atomic mass is 10.1. The fraction of sp³-hybridized carbons (Fsp3) is 0.286. The molecule has 10 heteroatoms. The molecule has 0 fully saturated rings. The second-order valence-corrected chi connectivity index (χ2v) is 12.5. The molecule has 0 aliphatic heterocycles. The fourth-order valence-electron chi connectivity index (χ4n) is 3.75. The van der Waals surface area contributed by atoms with Crippen LogP contribution in [-0.2, 0) is 26.2 Å². The molecule has 7 nitrogen and oxygen atoms in total. The zero-order chi connectivity index (χ0) is 28.1. The molecule has 3 aromatic carbocycles. The van der Waals surface area contributed by atoms with Crippen LogP contribution in [0.1, 0.15) is 33.3 Å². The Balaban J connectivity index is 2.05. The van der Waals surface area contributed by atoms with Gasteiger partial charge in [0, 0.05) is 17.1 Å². The second kappa shape index (κ2) is 12.2. The standard InChI is InChI=1S/C28H31Cl2N3O4S/c1-20(27(35)31-28(2,3)4)32(18-21-11-7-5-8-12-21)26(34)19-33(25-16-15-22(29)17-24(25)30)38(36,37)23-13-9-6-10-14-23/h5-17,20H,18-19H2,1-4H3,(H,31,35)/t20-/m1/s1. The van der Waals surface area contributed by atoms with Crippen molar-refractivity contribution in [2.75, 3.05) is 10.8 Å². The van der Waals surface area contributed by atoms with Crippen molar-refractivity contribution < 1.29 is 18.0 Å². The Morgan fingerprint density at radius 3 is 2.05 bits per heavy atom. The Bertz CT molecular complexity index is 1380. The molecule has 3 aromatic rings. The van der Waals surface area contributed by atoms with Crippen LogP contribution in [0.15, 0.2) is 83.8 Å². The van der Waals surface area contributed by atoms with Crippen molar-refractivity contribution in [3.8, 4) is 0 Å². The van der Waals surface area contributed by atoms with Crippen molar-refractivity contribution >= 4 is 50.7 Å². The molecule has 0 radical (unpaired) electrons. The number of rotatable bonds is 9. The predicted octanol–water partition coefficient (Wildman–Crippen LogP) is 5.52. The molecule has 0 saturated heterocycles. The summed E-state index contributed by atoms with van der Waals surface area (Å²) in [6.07, 6.45) is 0. The first-order valence-corrected chi connectivity index (χ1v) is 14.2. The third kappa shape index (κ3) is 7.49. The van der Waals surface area contributed by atoms with Gasteiger partial charge < -0.3 is 10.2 Å². The van der Waals surface area contributed by atoms with E-state index in [2.05, 4.69) is 5.32 Å². The summed E-state index contributed by atoms with van der Waals surface area (Å²) < 4.78 is 28.5. The van der Waals surface area contributed by atoms with Crippen LogP contribution in [0, 0.1) is 0 Å². The Kier molecular flexibility index (Phi) is 9.46. The number of nitrogens with one attached hydrogen (secondary N) is 1. The number of sulfonamides is 1. The van der Waals surface area contributed by atoms with E-state index in [9.17, 15) is 18.0 Å². The summed E-state index contributed by atoms with van der Waals surface area (Å²) in [5.41, 5.74) is 0.366. The highest BCUT2D eigenvalue weighted by Crippen LogP contribution is 2.33. The molecular formula is C28H31Cl2N3O4S. The Morgan fingerprint density at radius 2 is 1.50 bits per heavy atom. The van der Waals surface area contributed by atoms with Gasteiger partial charge in [-0.3, -0.25) is 13.9 Å². The highest BCUT2D eigenvalue weighted by Gasteiger charge is 2.34. The van der Waals surface area contributed by atoms with Gasteiger partial charge in [0.1, 0.15) is 12.6 Å². The monoisotopic (exact) mass is 575 g/mol. The Hall–Kier alpha value is -3.07. The fourth-order valence-corrected chi connectivity index (χ4v) is 5.77. The third-order valence-electron chi connectivity index (χ3n) is 5.65. The SMILES string of the molecule is C[C@H](C(=O)NC(C)(C)C)N(Cc1ccccc1)C(=O)CN(c1ccc(Cl)cc1Cl)S(=O)(=O)c1ccccc1. The minimum atomic E-state index is -4.21. The van der Waals surface area contributed by atoms with Gasteiger partial charge >= 0.3 is 0 Å². The molecule has 1 N–H and O–H groups in total. The largest absolute Gasteiger partial charge is 0.350 e. The Labute approximate surface area is 234 Å². The van der Waals surface area contributed by atoms with E-state index >= 15 is 0 Å². The molecule has 0 bridgehead atoms. The molecule has 0 unspecified atom stereocenters. The second-order valence-electron chi connectivity index (χ2n) is 9.84. The lowest BCUT2D eigenvalue weighted by Gasteiger charge is -2.33. The molecule has 0 aliphatic carbocycles. The highest BCUT2D eigenvalue weighted by atomic mass is 35.5. The Morgan fingerprint density at radius 1 is 0.921 bits per heavy atom. The lowest BCUT2D eigenvalue weighted by Crippen LogP contribution is -2.54. The van der Waals surface area contributed by atoms with E-state index in [1.165, 1.54) is 35.2 Å². The van der Waals surface area contributed by atoms with Crippen LogP contribution >= 0.6 is 23.2 Å². The topological polar surface area (TPSA) is 86.8 Å². The van der Waals surface area contributed by atoms with Gasteiger partial charge in [-0.15, -0.1) is 0 Å². The quantitative estimate of drug-likeness (QED) is 0.364. The average Bonchev–Trinajstić information content (AvgIpc) is 2.86. The summed E-state index contributed by atoms with van der Waals surface area (Å²) in [6.45, 7) is 6.67. The number of anilines is 1. The lowest BCUT2D eigenvalue weighted by molar-refractivity contribution is -0.140. The summed E-state index contributed by atoms with van der Waals surface area (Å²) in [5.74, 6) is -0.931. The summed E-state index contributed by atoms with van der Waals surface area (Å²) in [5, 5.41) is 3.28. The van der Waals surface area contributed by atoms with E-state index in [4.69, 9.17) is 23.2 Å². The smallest absolute Gasteiger partial charge is 0.264 e. The number of hydrogen-bond acceptors (Lipinski definition) is 4. The number of carbonyl (C=O) groups excluding carboxylic acids is 2. The zero-order valence-electron chi connectivity index (χ0n) is 21.7. The molecular weight excluding hydrogens is 545 g/mol. The number of halogens is 2. The van der Waals surface area contributed by atoms with Gasteiger partial charge in [0.15, 0.2) is 0 Å². The van der Waals surface area contributed by atoms with Gasteiger partial charge in [0.2, 0.25) is 11.8 Å². The van der Waals surface area contributed by atoms with Gasteiger partial charge in [0.25, 0.3) is 10.0 Å². The molecule has 0 saturated carbocycles. The van der Waals surface area contributed by atoms with Crippen LogP contribution < -0.4 is 9.62 Å². The van der Waals surface area contributed by atoms with E-state index in [-0.39, 0.29) is 28.1 Å². The first kappa shape index (κ1) is 29.5. The van der Waals surface area contributed by atoms with E-state index in [1.807, 2.05) is 51.1 Å². The predicted molar refractivity (Wildman–Crippen MR) is 152 cm³/mol.